The zero-order valence-electron chi connectivity index (χ0n) is 11.4. The third-order valence-corrected chi connectivity index (χ3v) is 3.06. The largest absolute Gasteiger partial charge is 0.397 e. The molecule has 0 spiro atoms. The smallest absolute Gasteiger partial charge is 0.241 e. The van der Waals surface area contributed by atoms with Crippen LogP contribution in [0.1, 0.15) is 27.2 Å². The molecule has 0 aromatic heterocycles. The van der Waals surface area contributed by atoms with Crippen LogP contribution in [0.25, 0.3) is 0 Å². The maximum Gasteiger partial charge on any atom is 0.241 e. The average molecular weight is 249 g/mol. The molecule has 0 heterocycles. The van der Waals surface area contributed by atoms with Crippen LogP contribution in [0.3, 0.4) is 0 Å². The minimum atomic E-state index is -0.144. The van der Waals surface area contributed by atoms with Gasteiger partial charge in [0.2, 0.25) is 5.91 Å². The highest BCUT2D eigenvalue weighted by Crippen LogP contribution is 2.17. The summed E-state index contributed by atoms with van der Waals surface area (Å²) in [6.45, 7) is 7.90. The van der Waals surface area contributed by atoms with E-state index in [2.05, 4.69) is 24.1 Å². The van der Waals surface area contributed by atoms with E-state index in [1.807, 2.05) is 25.1 Å². The number of nitrogens with zero attached hydrogens (tertiary/aromatic N) is 1. The van der Waals surface area contributed by atoms with Crippen LogP contribution in [0.2, 0.25) is 0 Å². The molecule has 0 radical (unpaired) electrons. The summed E-state index contributed by atoms with van der Waals surface area (Å²) in [5, 5.41) is 2.88. The molecule has 0 aliphatic carbocycles. The van der Waals surface area contributed by atoms with Crippen molar-refractivity contribution < 1.29 is 4.79 Å². The number of nitrogens with one attached hydrogen (secondary N) is 1. The number of benzene rings is 1. The monoisotopic (exact) mass is 249 g/mol. The molecule has 4 heteroatoms. The molecule has 0 saturated heterocycles. The van der Waals surface area contributed by atoms with Crippen LogP contribution < -0.4 is 11.1 Å². The van der Waals surface area contributed by atoms with E-state index in [1.165, 1.54) is 0 Å². The fourth-order valence-corrected chi connectivity index (χ4v) is 1.93. The summed E-state index contributed by atoms with van der Waals surface area (Å²) >= 11 is 0. The summed E-state index contributed by atoms with van der Waals surface area (Å²) in [5.74, 6) is -0.0109. The Morgan fingerprint density at radius 3 is 2.61 bits per heavy atom. The predicted molar refractivity (Wildman–Crippen MR) is 76.5 cm³/mol. The van der Waals surface area contributed by atoms with Crippen LogP contribution in [0.5, 0.6) is 0 Å². The first-order chi connectivity index (χ1) is 8.60. The lowest BCUT2D eigenvalue weighted by Gasteiger charge is -2.26. The maximum atomic E-state index is 12.1. The van der Waals surface area contributed by atoms with Crippen LogP contribution in [-0.4, -0.2) is 29.9 Å². The van der Waals surface area contributed by atoms with Crippen molar-refractivity contribution in [3.05, 3.63) is 24.3 Å². The van der Waals surface area contributed by atoms with Gasteiger partial charge in [0.25, 0.3) is 0 Å². The Morgan fingerprint density at radius 2 is 2.06 bits per heavy atom. The summed E-state index contributed by atoms with van der Waals surface area (Å²) in [5.41, 5.74) is 7.08. The van der Waals surface area contributed by atoms with Crippen molar-refractivity contribution in [3.63, 3.8) is 0 Å². The Balaban J connectivity index is 2.67. The van der Waals surface area contributed by atoms with Gasteiger partial charge in [-0.1, -0.05) is 26.0 Å². The standard InChI is InChI=1S/C14H23N3O/c1-4-10-17(5-2)11(3)14(18)16-13-9-7-6-8-12(13)15/h6-9,11H,4-5,10,15H2,1-3H3,(H,16,18). The van der Waals surface area contributed by atoms with Crippen molar-refractivity contribution in [1.82, 2.24) is 4.90 Å². The van der Waals surface area contributed by atoms with Gasteiger partial charge >= 0.3 is 0 Å². The molecule has 1 rings (SSSR count). The molecule has 1 atom stereocenters. The minimum absolute atomic E-state index is 0.0109. The van der Waals surface area contributed by atoms with E-state index >= 15 is 0 Å². The number of hydrogen-bond donors (Lipinski definition) is 2. The summed E-state index contributed by atoms with van der Waals surface area (Å²) < 4.78 is 0. The molecular weight excluding hydrogens is 226 g/mol. The second-order valence-electron chi connectivity index (χ2n) is 4.38. The number of para-hydroxylation sites is 2. The summed E-state index contributed by atoms with van der Waals surface area (Å²) in [6.07, 6.45) is 1.04. The van der Waals surface area contributed by atoms with Crippen molar-refractivity contribution in [3.8, 4) is 0 Å². The Morgan fingerprint density at radius 1 is 1.39 bits per heavy atom. The highest BCUT2D eigenvalue weighted by Gasteiger charge is 2.19. The van der Waals surface area contributed by atoms with Crippen molar-refractivity contribution >= 4 is 17.3 Å². The number of carbonyl (C=O) groups is 1. The number of nitrogen functional groups attached to an aromatic ring is 1. The highest BCUT2D eigenvalue weighted by molar-refractivity contribution is 5.97. The Labute approximate surface area is 109 Å². The van der Waals surface area contributed by atoms with Crippen molar-refractivity contribution in [2.45, 2.75) is 33.2 Å². The first-order valence-electron chi connectivity index (χ1n) is 6.49. The van der Waals surface area contributed by atoms with E-state index in [9.17, 15) is 4.79 Å². The lowest BCUT2D eigenvalue weighted by Crippen LogP contribution is -2.42. The molecule has 1 aromatic carbocycles. The number of amides is 1. The summed E-state index contributed by atoms with van der Waals surface area (Å²) in [6, 6.07) is 7.17. The SMILES string of the molecule is CCCN(CC)C(C)C(=O)Nc1ccccc1N. The van der Waals surface area contributed by atoms with Gasteiger partial charge in [0.15, 0.2) is 0 Å². The van der Waals surface area contributed by atoms with Gasteiger partial charge in [-0.05, 0) is 38.6 Å². The Kier molecular flexibility index (Phi) is 5.65. The molecule has 0 bridgehead atoms. The molecule has 1 aromatic rings. The van der Waals surface area contributed by atoms with Gasteiger partial charge in [0, 0.05) is 0 Å². The van der Waals surface area contributed by atoms with E-state index < -0.39 is 0 Å². The first-order valence-corrected chi connectivity index (χ1v) is 6.49. The highest BCUT2D eigenvalue weighted by atomic mass is 16.2. The fraction of sp³-hybridized carbons (Fsp3) is 0.500. The molecular formula is C14H23N3O. The van der Waals surface area contributed by atoms with E-state index in [0.29, 0.717) is 11.4 Å². The van der Waals surface area contributed by atoms with Crippen LogP contribution >= 0.6 is 0 Å². The number of rotatable bonds is 6. The Hall–Kier alpha value is -1.55. The second-order valence-corrected chi connectivity index (χ2v) is 4.38. The van der Waals surface area contributed by atoms with E-state index in [0.717, 1.165) is 19.5 Å². The van der Waals surface area contributed by atoms with Crippen LogP contribution in [-0.2, 0) is 4.79 Å². The van der Waals surface area contributed by atoms with Gasteiger partial charge in [-0.15, -0.1) is 0 Å². The van der Waals surface area contributed by atoms with Gasteiger partial charge < -0.3 is 11.1 Å². The van der Waals surface area contributed by atoms with Gasteiger partial charge in [-0.3, -0.25) is 9.69 Å². The number of likely N-dealkylation sites (N-methyl/N-ethyl adjacent to an activating group) is 1. The molecule has 1 amide bonds. The van der Waals surface area contributed by atoms with Gasteiger partial charge in [-0.2, -0.15) is 0 Å². The fourth-order valence-electron chi connectivity index (χ4n) is 1.93. The lowest BCUT2D eigenvalue weighted by atomic mass is 10.2. The Bertz CT molecular complexity index is 392. The quantitative estimate of drug-likeness (QED) is 0.761. The predicted octanol–water partition coefficient (Wildman–Crippen LogP) is 2.33. The summed E-state index contributed by atoms with van der Waals surface area (Å²) in [4.78, 5) is 14.3. The third kappa shape index (κ3) is 3.74. The molecule has 18 heavy (non-hydrogen) atoms. The van der Waals surface area contributed by atoms with E-state index in [1.54, 1.807) is 6.07 Å². The van der Waals surface area contributed by atoms with Gasteiger partial charge in [0.1, 0.15) is 0 Å². The normalized spacial score (nSPS) is 12.4. The van der Waals surface area contributed by atoms with Crippen LogP contribution in [0.4, 0.5) is 11.4 Å². The first kappa shape index (κ1) is 14.5. The number of hydrogen-bond acceptors (Lipinski definition) is 3. The third-order valence-electron chi connectivity index (χ3n) is 3.06. The second kappa shape index (κ2) is 7.01. The van der Waals surface area contributed by atoms with Crippen molar-refractivity contribution in [2.75, 3.05) is 24.1 Å². The molecule has 4 nitrogen and oxygen atoms in total. The molecule has 100 valence electrons. The lowest BCUT2D eigenvalue weighted by molar-refractivity contribution is -0.120. The maximum absolute atomic E-state index is 12.1. The number of nitrogens with two attached hydrogens (primary N) is 1. The van der Waals surface area contributed by atoms with Crippen LogP contribution in [0.15, 0.2) is 24.3 Å². The zero-order valence-corrected chi connectivity index (χ0v) is 11.4. The number of anilines is 2. The van der Waals surface area contributed by atoms with Crippen molar-refractivity contribution in [2.24, 2.45) is 0 Å². The van der Waals surface area contributed by atoms with Crippen molar-refractivity contribution in [1.29, 1.82) is 0 Å². The molecule has 1 unspecified atom stereocenters. The van der Waals surface area contributed by atoms with Gasteiger partial charge in [-0.25, -0.2) is 0 Å². The summed E-state index contributed by atoms with van der Waals surface area (Å²) in [7, 11) is 0. The zero-order chi connectivity index (χ0) is 13.5. The molecule has 0 aliphatic rings. The molecule has 0 saturated carbocycles. The average Bonchev–Trinajstić information content (AvgIpc) is 2.37. The number of carbonyl (C=O) groups excluding carboxylic acids is 1. The minimum Gasteiger partial charge on any atom is -0.397 e. The molecule has 3 N–H and O–H groups in total. The van der Waals surface area contributed by atoms with E-state index in [-0.39, 0.29) is 11.9 Å². The molecule has 0 fully saturated rings. The van der Waals surface area contributed by atoms with Crippen LogP contribution in [0, 0.1) is 0 Å². The molecule has 0 aliphatic heterocycles. The van der Waals surface area contributed by atoms with Gasteiger partial charge in [0.05, 0.1) is 17.4 Å². The van der Waals surface area contributed by atoms with E-state index in [4.69, 9.17) is 5.73 Å². The topological polar surface area (TPSA) is 58.4 Å².